The van der Waals surface area contributed by atoms with Gasteiger partial charge in [0.2, 0.25) is 0 Å². The number of anilines is 1. The fraction of sp³-hybridized carbons (Fsp3) is 0.211. The van der Waals surface area contributed by atoms with Crippen molar-refractivity contribution < 1.29 is 22.7 Å². The van der Waals surface area contributed by atoms with Crippen LogP contribution in [-0.4, -0.2) is 42.9 Å². The van der Waals surface area contributed by atoms with E-state index in [1.165, 1.54) is 42.5 Å². The van der Waals surface area contributed by atoms with Crippen molar-refractivity contribution in [2.75, 3.05) is 11.3 Å². The lowest BCUT2D eigenvalue weighted by Crippen LogP contribution is -2.31. The summed E-state index contributed by atoms with van der Waals surface area (Å²) in [6, 6.07) is 9.90. The molecule has 2 aromatic carbocycles. The van der Waals surface area contributed by atoms with Gasteiger partial charge in [0.1, 0.15) is 6.54 Å². The highest BCUT2D eigenvalue weighted by Gasteiger charge is 2.16. The van der Waals surface area contributed by atoms with Crippen molar-refractivity contribution in [3.63, 3.8) is 0 Å². The van der Waals surface area contributed by atoms with Gasteiger partial charge in [0.25, 0.3) is 15.9 Å². The number of hydrogen-bond acceptors (Lipinski definition) is 6. The van der Waals surface area contributed by atoms with Crippen molar-refractivity contribution >= 4 is 38.6 Å². The Morgan fingerprint density at radius 1 is 1.03 bits per heavy atom. The van der Waals surface area contributed by atoms with Crippen LogP contribution < -0.4 is 15.7 Å². The molecule has 158 valence electrons. The van der Waals surface area contributed by atoms with E-state index in [4.69, 9.17) is 4.74 Å². The Labute approximate surface area is 171 Å². The van der Waals surface area contributed by atoms with Crippen LogP contribution in [0.3, 0.4) is 0 Å². The Kier molecular flexibility index (Phi) is 5.92. The van der Waals surface area contributed by atoms with Gasteiger partial charge < -0.3 is 20.0 Å². The molecule has 1 aromatic heterocycles. The smallest absolute Gasteiger partial charge is 0.325 e. The van der Waals surface area contributed by atoms with Crippen LogP contribution in [-0.2, 0) is 19.6 Å². The predicted octanol–water partition coefficient (Wildman–Crippen LogP) is 1.34. The quantitative estimate of drug-likeness (QED) is 0.414. The van der Waals surface area contributed by atoms with Crippen LogP contribution in [0.4, 0.5) is 5.69 Å². The third-order valence-electron chi connectivity index (χ3n) is 3.96. The van der Waals surface area contributed by atoms with E-state index in [1.54, 1.807) is 13.8 Å². The molecule has 11 heteroatoms. The van der Waals surface area contributed by atoms with Crippen LogP contribution in [0.25, 0.3) is 11.0 Å². The van der Waals surface area contributed by atoms with E-state index < -0.39 is 27.6 Å². The SMILES string of the molecule is CC(C)OC(=O)CNC(=O)c1ccc(NS(=O)(=O)c2ccc3[nH]c(=O)[nH]c3c2)cc1. The number of hydrogen-bond donors (Lipinski definition) is 4. The van der Waals surface area contributed by atoms with Gasteiger partial charge in [-0.15, -0.1) is 0 Å². The molecule has 0 saturated heterocycles. The van der Waals surface area contributed by atoms with Gasteiger partial charge in [0, 0.05) is 11.3 Å². The van der Waals surface area contributed by atoms with Crippen molar-refractivity contribution in [1.29, 1.82) is 0 Å². The minimum atomic E-state index is -3.91. The molecule has 30 heavy (non-hydrogen) atoms. The number of rotatable bonds is 7. The number of aromatic nitrogens is 2. The Balaban J connectivity index is 1.67. The van der Waals surface area contributed by atoms with E-state index >= 15 is 0 Å². The minimum Gasteiger partial charge on any atom is -0.462 e. The largest absolute Gasteiger partial charge is 0.462 e. The number of amides is 1. The third kappa shape index (κ3) is 5.06. The van der Waals surface area contributed by atoms with Gasteiger partial charge in [0.15, 0.2) is 0 Å². The lowest BCUT2D eigenvalue weighted by Gasteiger charge is -2.10. The number of ether oxygens (including phenoxy) is 1. The lowest BCUT2D eigenvalue weighted by atomic mass is 10.2. The Hall–Kier alpha value is -3.60. The number of aromatic amines is 2. The molecule has 0 spiro atoms. The summed E-state index contributed by atoms with van der Waals surface area (Å²) in [5, 5.41) is 2.43. The van der Waals surface area contributed by atoms with E-state index in [0.717, 1.165) is 0 Å². The number of esters is 1. The summed E-state index contributed by atoms with van der Waals surface area (Å²) in [6.07, 6.45) is -0.278. The maximum Gasteiger partial charge on any atom is 0.325 e. The number of carbonyl (C=O) groups is 2. The lowest BCUT2D eigenvalue weighted by molar-refractivity contribution is -0.146. The first kappa shape index (κ1) is 21.1. The maximum atomic E-state index is 12.6. The van der Waals surface area contributed by atoms with Gasteiger partial charge >= 0.3 is 11.7 Å². The average molecular weight is 432 g/mol. The molecule has 0 unspecified atom stereocenters. The van der Waals surface area contributed by atoms with Crippen LogP contribution in [0.15, 0.2) is 52.2 Å². The molecule has 1 heterocycles. The fourth-order valence-electron chi connectivity index (χ4n) is 2.64. The van der Waals surface area contributed by atoms with Gasteiger partial charge in [-0.3, -0.25) is 14.3 Å². The van der Waals surface area contributed by atoms with Gasteiger partial charge in [-0.05, 0) is 56.3 Å². The van der Waals surface area contributed by atoms with Crippen molar-refractivity contribution in [3.05, 3.63) is 58.5 Å². The summed E-state index contributed by atoms with van der Waals surface area (Å²) in [7, 11) is -3.91. The maximum absolute atomic E-state index is 12.6. The summed E-state index contributed by atoms with van der Waals surface area (Å²) in [4.78, 5) is 39.9. The molecule has 0 fully saturated rings. The molecule has 0 atom stereocenters. The summed E-state index contributed by atoms with van der Waals surface area (Å²) >= 11 is 0. The number of fused-ring (bicyclic) bond motifs is 1. The van der Waals surface area contributed by atoms with Gasteiger partial charge in [-0.25, -0.2) is 13.2 Å². The topological polar surface area (TPSA) is 150 Å². The highest BCUT2D eigenvalue weighted by molar-refractivity contribution is 7.92. The molecule has 0 bridgehead atoms. The molecule has 0 aliphatic rings. The van der Waals surface area contributed by atoms with E-state index in [-0.39, 0.29) is 28.8 Å². The monoisotopic (exact) mass is 432 g/mol. The number of sulfonamides is 1. The van der Waals surface area contributed by atoms with Crippen LogP contribution >= 0.6 is 0 Å². The second kappa shape index (κ2) is 8.41. The normalized spacial score (nSPS) is 11.4. The van der Waals surface area contributed by atoms with Gasteiger partial charge in [-0.1, -0.05) is 0 Å². The summed E-state index contributed by atoms with van der Waals surface area (Å²) in [5.41, 5.74) is 0.923. The molecular weight excluding hydrogens is 412 g/mol. The van der Waals surface area contributed by atoms with E-state index in [2.05, 4.69) is 20.0 Å². The Morgan fingerprint density at radius 3 is 2.37 bits per heavy atom. The molecule has 0 radical (unpaired) electrons. The fourth-order valence-corrected chi connectivity index (χ4v) is 3.73. The van der Waals surface area contributed by atoms with Crippen molar-refractivity contribution in [2.24, 2.45) is 0 Å². The molecule has 3 aromatic rings. The van der Waals surface area contributed by atoms with Crippen molar-refractivity contribution in [2.45, 2.75) is 24.8 Å². The zero-order valence-electron chi connectivity index (χ0n) is 16.2. The first-order valence-corrected chi connectivity index (χ1v) is 10.4. The molecule has 4 N–H and O–H groups in total. The van der Waals surface area contributed by atoms with Crippen LogP contribution in [0.2, 0.25) is 0 Å². The molecule has 0 aliphatic carbocycles. The Bertz CT molecular complexity index is 1240. The number of benzene rings is 2. The molecule has 10 nitrogen and oxygen atoms in total. The molecular formula is C19H20N4O6S. The van der Waals surface area contributed by atoms with Crippen molar-refractivity contribution in [3.8, 4) is 0 Å². The standard InChI is InChI=1S/C19H20N4O6S/c1-11(2)29-17(24)10-20-18(25)12-3-5-13(6-4-12)23-30(27,28)14-7-8-15-16(9-14)22-19(26)21-15/h3-9,11,23H,10H2,1-2H3,(H,20,25)(H2,21,22,26). The van der Waals surface area contributed by atoms with Crippen molar-refractivity contribution in [1.82, 2.24) is 15.3 Å². The van der Waals surface area contributed by atoms with E-state index in [9.17, 15) is 22.8 Å². The van der Waals surface area contributed by atoms with E-state index in [1.807, 2.05) is 0 Å². The predicted molar refractivity (Wildman–Crippen MR) is 110 cm³/mol. The average Bonchev–Trinajstić information content (AvgIpc) is 3.05. The minimum absolute atomic E-state index is 0.0317. The summed E-state index contributed by atoms with van der Waals surface area (Å²) < 4.78 is 32.5. The Morgan fingerprint density at radius 2 is 1.70 bits per heavy atom. The van der Waals surface area contributed by atoms with Gasteiger partial charge in [-0.2, -0.15) is 0 Å². The number of carbonyl (C=O) groups excluding carboxylic acids is 2. The van der Waals surface area contributed by atoms with Crippen LogP contribution in [0, 0.1) is 0 Å². The molecule has 3 rings (SSSR count). The zero-order valence-corrected chi connectivity index (χ0v) is 17.0. The highest BCUT2D eigenvalue weighted by atomic mass is 32.2. The first-order valence-electron chi connectivity index (χ1n) is 8.96. The van der Waals surface area contributed by atoms with Gasteiger partial charge in [0.05, 0.1) is 22.0 Å². The molecule has 0 aliphatic heterocycles. The van der Waals surface area contributed by atoms with Crippen LogP contribution in [0.5, 0.6) is 0 Å². The van der Waals surface area contributed by atoms with Crippen LogP contribution in [0.1, 0.15) is 24.2 Å². The summed E-state index contributed by atoms with van der Waals surface area (Å²) in [6.45, 7) is 3.14. The molecule has 1 amide bonds. The first-order chi connectivity index (χ1) is 14.1. The third-order valence-corrected chi connectivity index (χ3v) is 5.34. The molecule has 0 saturated carbocycles. The summed E-state index contributed by atoms with van der Waals surface area (Å²) in [5.74, 6) is -1.05. The van der Waals surface area contributed by atoms with E-state index in [0.29, 0.717) is 11.0 Å². The number of H-pyrrole nitrogens is 2. The number of imidazole rings is 1. The second-order valence-corrected chi connectivity index (χ2v) is 8.37. The highest BCUT2D eigenvalue weighted by Crippen LogP contribution is 2.19. The second-order valence-electron chi connectivity index (χ2n) is 6.69. The number of nitrogens with one attached hydrogen (secondary N) is 4. The zero-order chi connectivity index (χ0) is 21.9.